The number of benzene rings is 1. The van der Waals surface area contributed by atoms with E-state index >= 15 is 0 Å². The molecule has 5 heteroatoms. The minimum Gasteiger partial charge on any atom is -0.468 e. The number of methoxy groups -OCH3 is 1. The van der Waals surface area contributed by atoms with Crippen LogP contribution in [-0.4, -0.2) is 24.1 Å². The normalized spacial score (nSPS) is 18.7. The number of rotatable bonds is 1. The average Bonchev–Trinajstić information content (AvgIpc) is 2.75. The Labute approximate surface area is 103 Å². The summed E-state index contributed by atoms with van der Waals surface area (Å²) in [6.07, 6.45) is 0.519. The van der Waals surface area contributed by atoms with Gasteiger partial charge in [-0.25, -0.2) is 4.39 Å². The van der Waals surface area contributed by atoms with Crippen molar-refractivity contribution >= 4 is 16.9 Å². The fraction of sp³-hybridized carbons (Fsp3) is 0.308. The van der Waals surface area contributed by atoms with E-state index in [9.17, 15) is 9.18 Å². The zero-order chi connectivity index (χ0) is 12.7. The van der Waals surface area contributed by atoms with Crippen LogP contribution in [0.5, 0.6) is 0 Å². The number of H-pyrrole nitrogens is 1. The van der Waals surface area contributed by atoms with Gasteiger partial charge in [0.1, 0.15) is 11.9 Å². The molecule has 1 aromatic carbocycles. The smallest absolute Gasteiger partial charge is 0.323 e. The van der Waals surface area contributed by atoms with Crippen molar-refractivity contribution in [2.24, 2.45) is 0 Å². The van der Waals surface area contributed by atoms with E-state index in [1.54, 1.807) is 6.07 Å². The zero-order valence-corrected chi connectivity index (χ0v) is 9.92. The summed E-state index contributed by atoms with van der Waals surface area (Å²) >= 11 is 0. The van der Waals surface area contributed by atoms with Crippen molar-refractivity contribution in [3.05, 3.63) is 35.3 Å². The highest BCUT2D eigenvalue weighted by Gasteiger charge is 2.27. The van der Waals surface area contributed by atoms with Gasteiger partial charge in [-0.3, -0.25) is 10.1 Å². The van der Waals surface area contributed by atoms with E-state index in [-0.39, 0.29) is 17.8 Å². The lowest BCUT2D eigenvalue weighted by Crippen LogP contribution is -2.42. The third-order valence-corrected chi connectivity index (χ3v) is 3.38. The Morgan fingerprint density at radius 1 is 1.50 bits per heavy atom. The quantitative estimate of drug-likeness (QED) is 0.752. The number of hydrogen-bond donors (Lipinski definition) is 2. The largest absolute Gasteiger partial charge is 0.468 e. The highest BCUT2D eigenvalue weighted by atomic mass is 19.1. The average molecular weight is 248 g/mol. The molecule has 0 radical (unpaired) electrons. The molecule has 1 aliphatic rings. The van der Waals surface area contributed by atoms with Crippen LogP contribution in [-0.2, 0) is 22.5 Å². The van der Waals surface area contributed by atoms with Crippen LogP contribution >= 0.6 is 0 Å². The van der Waals surface area contributed by atoms with E-state index in [0.717, 1.165) is 22.2 Å². The highest BCUT2D eigenvalue weighted by Crippen LogP contribution is 2.27. The molecule has 0 amide bonds. The Balaban J connectivity index is 2.05. The second kappa shape index (κ2) is 4.10. The van der Waals surface area contributed by atoms with Crippen LogP contribution in [0.3, 0.4) is 0 Å². The molecular formula is C13H13FN2O2. The Morgan fingerprint density at radius 2 is 2.33 bits per heavy atom. The molecule has 0 saturated heterocycles. The van der Waals surface area contributed by atoms with Gasteiger partial charge in [0.2, 0.25) is 0 Å². The number of fused-ring (bicyclic) bond motifs is 3. The molecule has 3 rings (SSSR count). The number of ether oxygens (including phenoxy) is 1. The van der Waals surface area contributed by atoms with Gasteiger partial charge in [-0.05, 0) is 23.8 Å². The number of aromatic nitrogens is 1. The van der Waals surface area contributed by atoms with Gasteiger partial charge in [0.25, 0.3) is 0 Å². The molecule has 0 fully saturated rings. The van der Waals surface area contributed by atoms with Crippen molar-refractivity contribution in [3.63, 3.8) is 0 Å². The molecular weight excluding hydrogens is 235 g/mol. The van der Waals surface area contributed by atoms with E-state index in [2.05, 4.69) is 10.3 Å². The molecule has 4 nitrogen and oxygen atoms in total. The molecule has 2 aromatic rings. The second-order valence-electron chi connectivity index (χ2n) is 4.43. The summed E-state index contributed by atoms with van der Waals surface area (Å²) in [5.41, 5.74) is 2.91. The molecule has 18 heavy (non-hydrogen) atoms. The van der Waals surface area contributed by atoms with Crippen LogP contribution in [0.15, 0.2) is 18.2 Å². The summed E-state index contributed by atoms with van der Waals surface area (Å²) in [7, 11) is 1.37. The van der Waals surface area contributed by atoms with Gasteiger partial charge in [0.05, 0.1) is 7.11 Å². The van der Waals surface area contributed by atoms with Gasteiger partial charge in [-0.2, -0.15) is 0 Å². The lowest BCUT2D eigenvalue weighted by atomic mass is 9.98. The molecule has 2 heterocycles. The van der Waals surface area contributed by atoms with E-state index in [1.165, 1.54) is 19.2 Å². The molecule has 0 aliphatic carbocycles. The number of carbonyl (C=O) groups excluding carboxylic acids is 1. The van der Waals surface area contributed by atoms with Crippen molar-refractivity contribution in [2.45, 2.75) is 19.0 Å². The summed E-state index contributed by atoms with van der Waals surface area (Å²) in [6, 6.07) is 4.29. The summed E-state index contributed by atoms with van der Waals surface area (Å²) in [5.74, 6) is -0.552. The minimum absolute atomic E-state index is 0.266. The van der Waals surface area contributed by atoms with Gasteiger partial charge in [0.15, 0.2) is 0 Å². The SMILES string of the molecule is COC(=O)C1Cc2c([nH]c3ccc(F)cc23)CN1. The van der Waals surface area contributed by atoms with Gasteiger partial charge in [-0.15, -0.1) is 0 Å². The highest BCUT2D eigenvalue weighted by molar-refractivity contribution is 5.86. The number of hydrogen-bond acceptors (Lipinski definition) is 3. The first-order valence-corrected chi connectivity index (χ1v) is 5.79. The summed E-state index contributed by atoms with van der Waals surface area (Å²) in [4.78, 5) is 14.8. The van der Waals surface area contributed by atoms with Crippen molar-refractivity contribution < 1.29 is 13.9 Å². The third-order valence-electron chi connectivity index (χ3n) is 3.38. The number of halogens is 1. The Hall–Kier alpha value is -1.88. The first-order valence-electron chi connectivity index (χ1n) is 5.79. The lowest BCUT2D eigenvalue weighted by molar-refractivity contribution is -0.143. The van der Waals surface area contributed by atoms with Gasteiger partial charge in [-0.1, -0.05) is 0 Å². The van der Waals surface area contributed by atoms with E-state index in [1.807, 2.05) is 0 Å². The monoisotopic (exact) mass is 248 g/mol. The van der Waals surface area contributed by atoms with Crippen LogP contribution in [0.4, 0.5) is 4.39 Å². The maximum absolute atomic E-state index is 13.3. The fourth-order valence-corrected chi connectivity index (χ4v) is 2.47. The standard InChI is InChI=1S/C13H13FN2O2/c1-18-13(17)11-5-9-8-4-7(14)2-3-10(8)16-12(9)6-15-11/h2-4,11,15-16H,5-6H2,1H3. The second-order valence-corrected chi connectivity index (χ2v) is 4.43. The van der Waals surface area contributed by atoms with E-state index in [0.29, 0.717) is 13.0 Å². The molecule has 1 aromatic heterocycles. The molecule has 1 aliphatic heterocycles. The predicted octanol–water partition coefficient (Wildman–Crippen LogP) is 1.49. The fourth-order valence-electron chi connectivity index (χ4n) is 2.47. The first-order chi connectivity index (χ1) is 8.69. The van der Waals surface area contributed by atoms with Gasteiger partial charge < -0.3 is 9.72 Å². The topological polar surface area (TPSA) is 54.1 Å². The Kier molecular flexibility index (Phi) is 2.56. The van der Waals surface area contributed by atoms with Crippen LogP contribution < -0.4 is 5.32 Å². The van der Waals surface area contributed by atoms with Gasteiger partial charge in [0, 0.05) is 29.6 Å². The number of nitrogens with one attached hydrogen (secondary N) is 2. The van der Waals surface area contributed by atoms with Crippen LogP contribution in [0, 0.1) is 5.82 Å². The number of carbonyl (C=O) groups is 1. The van der Waals surface area contributed by atoms with Crippen molar-refractivity contribution in [2.75, 3.05) is 7.11 Å². The van der Waals surface area contributed by atoms with Crippen molar-refractivity contribution in [1.82, 2.24) is 10.3 Å². The molecule has 1 atom stereocenters. The lowest BCUT2D eigenvalue weighted by Gasteiger charge is -2.21. The van der Waals surface area contributed by atoms with Crippen molar-refractivity contribution in [1.29, 1.82) is 0 Å². The summed E-state index contributed by atoms with van der Waals surface area (Å²) in [6.45, 7) is 0.561. The van der Waals surface area contributed by atoms with E-state index in [4.69, 9.17) is 4.74 Å². The maximum Gasteiger partial charge on any atom is 0.323 e. The molecule has 0 spiro atoms. The molecule has 0 bridgehead atoms. The summed E-state index contributed by atoms with van der Waals surface area (Å²) in [5, 5.41) is 3.95. The zero-order valence-electron chi connectivity index (χ0n) is 9.92. The van der Waals surface area contributed by atoms with Crippen LogP contribution in [0.2, 0.25) is 0 Å². The Morgan fingerprint density at radius 3 is 3.11 bits per heavy atom. The Bertz CT molecular complexity index is 621. The van der Waals surface area contributed by atoms with E-state index < -0.39 is 0 Å². The van der Waals surface area contributed by atoms with Crippen LogP contribution in [0.25, 0.3) is 10.9 Å². The first kappa shape index (κ1) is 11.2. The van der Waals surface area contributed by atoms with Crippen molar-refractivity contribution in [3.8, 4) is 0 Å². The van der Waals surface area contributed by atoms with Gasteiger partial charge >= 0.3 is 5.97 Å². The molecule has 94 valence electrons. The molecule has 0 saturated carbocycles. The minimum atomic E-state index is -0.357. The maximum atomic E-state index is 13.3. The number of aromatic amines is 1. The molecule has 2 N–H and O–H groups in total. The van der Waals surface area contributed by atoms with Crippen LogP contribution in [0.1, 0.15) is 11.3 Å². The summed E-state index contributed by atoms with van der Waals surface area (Å²) < 4.78 is 18.0. The number of esters is 1. The molecule has 1 unspecified atom stereocenters. The third kappa shape index (κ3) is 1.67. The predicted molar refractivity (Wildman–Crippen MR) is 64.6 cm³/mol.